The molecule has 29 heavy (non-hydrogen) atoms. The van der Waals surface area contributed by atoms with Crippen LogP contribution in [0.5, 0.6) is 0 Å². The normalized spacial score (nSPS) is 16.9. The first-order valence-corrected chi connectivity index (χ1v) is 11.7. The fraction of sp³-hybridized carbons (Fsp3) is 0.409. The number of aromatic amines is 1. The molecular formula is C22H27N3O3S. The fourth-order valence-corrected chi connectivity index (χ4v) is 5.16. The van der Waals surface area contributed by atoms with Crippen molar-refractivity contribution in [3.8, 4) is 11.1 Å². The van der Waals surface area contributed by atoms with Crippen LogP contribution in [0.4, 0.5) is 0 Å². The second-order valence-electron chi connectivity index (χ2n) is 7.90. The summed E-state index contributed by atoms with van der Waals surface area (Å²) in [6.07, 6.45) is 6.90. The number of nitrogens with zero attached hydrogens (tertiary/aromatic N) is 1. The van der Waals surface area contributed by atoms with E-state index in [4.69, 9.17) is 0 Å². The molecule has 2 heterocycles. The van der Waals surface area contributed by atoms with Gasteiger partial charge in [0, 0.05) is 23.8 Å². The number of aromatic nitrogens is 2. The van der Waals surface area contributed by atoms with Crippen LogP contribution in [0.1, 0.15) is 44.7 Å². The molecule has 1 aliphatic rings. The van der Waals surface area contributed by atoms with Gasteiger partial charge in [0.2, 0.25) is 10.0 Å². The summed E-state index contributed by atoms with van der Waals surface area (Å²) in [4.78, 5) is 7.89. The molecule has 7 heteroatoms. The van der Waals surface area contributed by atoms with Gasteiger partial charge in [-0.05, 0) is 54.7 Å². The van der Waals surface area contributed by atoms with Crippen molar-refractivity contribution >= 4 is 21.1 Å². The van der Waals surface area contributed by atoms with E-state index < -0.39 is 15.6 Å². The molecule has 0 bridgehead atoms. The third-order valence-corrected chi connectivity index (χ3v) is 7.24. The molecule has 0 unspecified atom stereocenters. The van der Waals surface area contributed by atoms with Crippen molar-refractivity contribution < 1.29 is 13.5 Å². The smallest absolute Gasteiger partial charge is 0.240 e. The van der Waals surface area contributed by atoms with Crippen molar-refractivity contribution in [1.29, 1.82) is 0 Å². The number of fused-ring (bicyclic) bond motifs is 1. The highest BCUT2D eigenvalue weighted by molar-refractivity contribution is 7.89. The summed E-state index contributed by atoms with van der Waals surface area (Å²) in [6, 6.07) is 10.9. The van der Waals surface area contributed by atoms with E-state index in [1.54, 1.807) is 18.3 Å². The van der Waals surface area contributed by atoms with Crippen molar-refractivity contribution in [2.24, 2.45) is 0 Å². The molecule has 0 atom stereocenters. The lowest BCUT2D eigenvalue weighted by Gasteiger charge is -2.32. The molecular weight excluding hydrogens is 386 g/mol. The number of rotatable bonds is 6. The van der Waals surface area contributed by atoms with E-state index in [2.05, 4.69) is 27.7 Å². The van der Waals surface area contributed by atoms with Crippen LogP contribution >= 0.6 is 0 Å². The van der Waals surface area contributed by atoms with Crippen molar-refractivity contribution in [3.63, 3.8) is 0 Å². The first-order valence-electron chi connectivity index (χ1n) is 10.2. The third kappa shape index (κ3) is 4.22. The van der Waals surface area contributed by atoms with Gasteiger partial charge in [-0.2, -0.15) is 0 Å². The summed E-state index contributed by atoms with van der Waals surface area (Å²) in [7, 11) is -3.67. The van der Waals surface area contributed by atoms with Gasteiger partial charge in [0.25, 0.3) is 0 Å². The quantitative estimate of drug-likeness (QED) is 0.573. The van der Waals surface area contributed by atoms with E-state index in [1.165, 1.54) is 0 Å². The van der Waals surface area contributed by atoms with Crippen LogP contribution in [0.25, 0.3) is 22.2 Å². The molecule has 6 nitrogen and oxygen atoms in total. The number of hydrogen-bond acceptors (Lipinski definition) is 4. The van der Waals surface area contributed by atoms with Crippen LogP contribution in [0.3, 0.4) is 0 Å². The van der Waals surface area contributed by atoms with Crippen molar-refractivity contribution in [1.82, 2.24) is 14.7 Å². The lowest BCUT2D eigenvalue weighted by atomic mass is 9.85. The Bertz CT molecular complexity index is 1100. The van der Waals surface area contributed by atoms with Gasteiger partial charge in [0.15, 0.2) is 0 Å². The Balaban J connectivity index is 1.55. The monoisotopic (exact) mass is 413 g/mol. The van der Waals surface area contributed by atoms with Crippen LogP contribution in [0.2, 0.25) is 0 Å². The molecule has 4 rings (SSSR count). The number of sulfonamides is 1. The predicted octanol–water partition coefficient (Wildman–Crippen LogP) is 3.77. The Kier molecular flexibility index (Phi) is 5.46. The first-order chi connectivity index (χ1) is 13.9. The summed E-state index contributed by atoms with van der Waals surface area (Å²) >= 11 is 0. The number of aryl methyl sites for hydroxylation is 1. The van der Waals surface area contributed by atoms with Crippen LogP contribution in [0.15, 0.2) is 47.5 Å². The van der Waals surface area contributed by atoms with E-state index >= 15 is 0 Å². The zero-order chi connectivity index (χ0) is 20.5. The van der Waals surface area contributed by atoms with Crippen molar-refractivity contribution in [3.05, 3.63) is 48.3 Å². The highest BCUT2D eigenvalue weighted by Crippen LogP contribution is 2.30. The van der Waals surface area contributed by atoms with Crippen molar-refractivity contribution in [2.45, 2.75) is 55.9 Å². The second kappa shape index (κ2) is 7.89. The van der Waals surface area contributed by atoms with Gasteiger partial charge in [-0.25, -0.2) is 18.1 Å². The number of pyridine rings is 1. The molecule has 1 saturated carbocycles. The molecule has 154 valence electrons. The van der Waals surface area contributed by atoms with Gasteiger partial charge in [0.05, 0.1) is 10.5 Å². The molecule has 1 fully saturated rings. The minimum absolute atomic E-state index is 0.0607. The highest BCUT2D eigenvalue weighted by atomic mass is 32.2. The SMILES string of the molecule is CCc1cc2c(-c3ccc(S(=O)(=O)NCC4(O)CCCCC4)cc3)ccnc2[nH]1. The van der Waals surface area contributed by atoms with Gasteiger partial charge >= 0.3 is 0 Å². The zero-order valence-electron chi connectivity index (χ0n) is 16.6. The molecule has 0 radical (unpaired) electrons. The van der Waals surface area contributed by atoms with Gasteiger partial charge in [-0.15, -0.1) is 0 Å². The predicted molar refractivity (Wildman–Crippen MR) is 114 cm³/mol. The van der Waals surface area contributed by atoms with Gasteiger partial charge in [0.1, 0.15) is 5.65 Å². The lowest BCUT2D eigenvalue weighted by molar-refractivity contribution is 0.00945. The van der Waals surface area contributed by atoms with E-state index in [-0.39, 0.29) is 11.4 Å². The number of hydrogen-bond donors (Lipinski definition) is 3. The summed E-state index contributed by atoms with van der Waals surface area (Å²) < 4.78 is 28.0. The van der Waals surface area contributed by atoms with Gasteiger partial charge < -0.3 is 10.1 Å². The molecule has 1 aromatic carbocycles. The molecule has 3 N–H and O–H groups in total. The zero-order valence-corrected chi connectivity index (χ0v) is 17.4. The Labute approximate surface area is 171 Å². The fourth-order valence-electron chi connectivity index (χ4n) is 4.04. The summed E-state index contributed by atoms with van der Waals surface area (Å²) in [5, 5.41) is 11.6. The number of benzene rings is 1. The van der Waals surface area contributed by atoms with Crippen LogP contribution in [-0.2, 0) is 16.4 Å². The molecule has 3 aromatic rings. The van der Waals surface area contributed by atoms with Gasteiger partial charge in [-0.3, -0.25) is 0 Å². The molecule has 0 spiro atoms. The average molecular weight is 414 g/mol. The van der Waals surface area contributed by atoms with Crippen LogP contribution < -0.4 is 4.72 Å². The van der Waals surface area contributed by atoms with E-state index in [1.807, 2.05) is 18.2 Å². The van der Waals surface area contributed by atoms with E-state index in [0.29, 0.717) is 12.8 Å². The molecule has 1 aliphatic carbocycles. The Morgan fingerprint density at radius 2 is 1.86 bits per heavy atom. The topological polar surface area (TPSA) is 95.1 Å². The summed E-state index contributed by atoms with van der Waals surface area (Å²) in [5.41, 5.74) is 2.96. The Morgan fingerprint density at radius 1 is 1.14 bits per heavy atom. The second-order valence-corrected chi connectivity index (χ2v) is 9.67. The molecule has 0 saturated heterocycles. The standard InChI is InChI=1S/C22H27N3O3S/c1-2-17-14-20-19(10-13-23-21(20)25-17)16-6-8-18(9-7-16)29(27,28)24-15-22(26)11-4-3-5-12-22/h6-10,13-14,24,26H,2-5,11-12,15H2,1H3,(H,23,25). The summed E-state index contributed by atoms with van der Waals surface area (Å²) in [6.45, 7) is 2.14. The average Bonchev–Trinajstić information content (AvgIpc) is 3.17. The Morgan fingerprint density at radius 3 is 2.55 bits per heavy atom. The lowest BCUT2D eigenvalue weighted by Crippen LogP contribution is -2.44. The molecule has 0 amide bonds. The van der Waals surface area contributed by atoms with Crippen LogP contribution in [-0.4, -0.2) is 35.6 Å². The van der Waals surface area contributed by atoms with E-state index in [9.17, 15) is 13.5 Å². The van der Waals surface area contributed by atoms with E-state index in [0.717, 1.165) is 53.5 Å². The third-order valence-electron chi connectivity index (χ3n) is 5.82. The number of nitrogens with one attached hydrogen (secondary N) is 2. The number of H-pyrrole nitrogens is 1. The largest absolute Gasteiger partial charge is 0.389 e. The molecule has 0 aliphatic heterocycles. The van der Waals surface area contributed by atoms with Gasteiger partial charge in [-0.1, -0.05) is 38.3 Å². The maximum atomic E-state index is 12.7. The molecule has 2 aromatic heterocycles. The minimum atomic E-state index is -3.67. The first kappa shape index (κ1) is 20.1. The van der Waals surface area contributed by atoms with Crippen LogP contribution in [0, 0.1) is 0 Å². The van der Waals surface area contributed by atoms with Crippen molar-refractivity contribution in [2.75, 3.05) is 6.54 Å². The maximum absolute atomic E-state index is 12.7. The summed E-state index contributed by atoms with van der Waals surface area (Å²) in [5.74, 6) is 0. The maximum Gasteiger partial charge on any atom is 0.240 e. The number of aliphatic hydroxyl groups is 1. The Hall–Kier alpha value is -2.22. The highest BCUT2D eigenvalue weighted by Gasteiger charge is 2.30. The minimum Gasteiger partial charge on any atom is -0.389 e.